The van der Waals surface area contributed by atoms with E-state index in [4.69, 9.17) is 0 Å². The highest BCUT2D eigenvalue weighted by Crippen LogP contribution is 2.49. The van der Waals surface area contributed by atoms with E-state index in [0.29, 0.717) is 19.3 Å². The molecule has 0 aromatic heterocycles. The Labute approximate surface area is 133 Å². The van der Waals surface area contributed by atoms with E-state index in [0.717, 1.165) is 0 Å². The van der Waals surface area contributed by atoms with Crippen LogP contribution in [0.5, 0.6) is 0 Å². The van der Waals surface area contributed by atoms with E-state index in [1.165, 1.54) is 0 Å². The summed E-state index contributed by atoms with van der Waals surface area (Å²) in [5.74, 6) is -4.98. The maximum atomic E-state index is 13.1. The van der Waals surface area contributed by atoms with Gasteiger partial charge < -0.3 is 0 Å². The lowest BCUT2D eigenvalue weighted by Gasteiger charge is -2.31. The van der Waals surface area contributed by atoms with Crippen LogP contribution in [0.4, 0.5) is 17.6 Å². The molecule has 2 aliphatic rings. The minimum Gasteiger partial charge on any atom is -0.207 e. The Bertz CT molecular complexity index is 360. The summed E-state index contributed by atoms with van der Waals surface area (Å²) in [6.45, 7) is 11.8. The van der Waals surface area contributed by atoms with Crippen LogP contribution < -0.4 is 0 Å². The monoisotopic (exact) mass is 324 g/mol. The molecule has 22 heavy (non-hydrogen) atoms. The highest BCUT2D eigenvalue weighted by atomic mass is 19.3. The quantitative estimate of drug-likeness (QED) is 0.423. The third-order valence-corrected chi connectivity index (χ3v) is 5.19. The zero-order chi connectivity index (χ0) is 17.4. The third-order valence-electron chi connectivity index (χ3n) is 5.19. The van der Waals surface area contributed by atoms with Crippen LogP contribution in [0.25, 0.3) is 0 Å². The SMILES string of the molecule is CC(C)(C)C1CCC(F)(F)C1.CC(C)(C)C1CCCC1(F)F. The molecular formula is C18H32F4. The van der Waals surface area contributed by atoms with E-state index in [1.807, 2.05) is 41.5 Å². The summed E-state index contributed by atoms with van der Waals surface area (Å²) in [6, 6.07) is 0. The second kappa shape index (κ2) is 6.32. The molecule has 2 saturated carbocycles. The first-order chi connectivity index (χ1) is 9.65. The normalized spacial score (nSPS) is 30.8. The molecule has 4 heteroatoms. The predicted molar refractivity (Wildman–Crippen MR) is 83.5 cm³/mol. The van der Waals surface area contributed by atoms with Gasteiger partial charge in [0.2, 0.25) is 5.92 Å². The van der Waals surface area contributed by atoms with Crippen molar-refractivity contribution in [1.82, 2.24) is 0 Å². The standard InChI is InChI=1S/2C9H16F2/c1-8(2,3)7-4-5-9(10,11)6-7;1-8(2,3)7-5-4-6-9(7,10)11/h2*7H,4-6H2,1-3H3. The molecule has 2 rings (SSSR count). The first kappa shape index (κ1) is 19.8. The molecule has 0 aliphatic heterocycles. The van der Waals surface area contributed by atoms with Gasteiger partial charge in [-0.1, -0.05) is 41.5 Å². The molecule has 2 fully saturated rings. The molecule has 0 amide bonds. The van der Waals surface area contributed by atoms with Crippen LogP contribution in [0.3, 0.4) is 0 Å². The molecule has 0 radical (unpaired) electrons. The molecule has 132 valence electrons. The van der Waals surface area contributed by atoms with E-state index in [1.54, 1.807) is 0 Å². The highest BCUT2D eigenvalue weighted by Gasteiger charge is 2.49. The van der Waals surface area contributed by atoms with E-state index in [9.17, 15) is 17.6 Å². The molecule has 2 unspecified atom stereocenters. The fourth-order valence-electron chi connectivity index (χ4n) is 3.68. The summed E-state index contributed by atoms with van der Waals surface area (Å²) in [7, 11) is 0. The molecule has 0 aromatic rings. The molecule has 0 nitrogen and oxygen atoms in total. The van der Waals surface area contributed by atoms with Crippen molar-refractivity contribution in [2.45, 2.75) is 91.9 Å². The van der Waals surface area contributed by atoms with Gasteiger partial charge in [0.25, 0.3) is 5.92 Å². The molecule has 0 aromatic carbocycles. The van der Waals surface area contributed by atoms with Crippen LogP contribution in [0.15, 0.2) is 0 Å². The van der Waals surface area contributed by atoms with Crippen molar-refractivity contribution < 1.29 is 17.6 Å². The van der Waals surface area contributed by atoms with Crippen LogP contribution in [0, 0.1) is 22.7 Å². The van der Waals surface area contributed by atoms with Crippen LogP contribution in [-0.4, -0.2) is 11.8 Å². The molecule has 2 aliphatic carbocycles. The Morgan fingerprint density at radius 1 is 0.773 bits per heavy atom. The summed E-state index contributed by atoms with van der Waals surface area (Å²) in [5, 5.41) is 0. The zero-order valence-corrected chi connectivity index (χ0v) is 14.9. The number of hydrogen-bond donors (Lipinski definition) is 0. The first-order valence-electron chi connectivity index (χ1n) is 8.41. The molecule has 2 atom stereocenters. The van der Waals surface area contributed by atoms with Crippen molar-refractivity contribution in [3.63, 3.8) is 0 Å². The van der Waals surface area contributed by atoms with Crippen molar-refractivity contribution in [2.24, 2.45) is 22.7 Å². The van der Waals surface area contributed by atoms with Gasteiger partial charge in [0.15, 0.2) is 0 Å². The molecule has 0 saturated heterocycles. The van der Waals surface area contributed by atoms with Gasteiger partial charge in [0.1, 0.15) is 0 Å². The summed E-state index contributed by atoms with van der Waals surface area (Å²) in [5.41, 5.74) is -0.181. The number of alkyl halides is 4. The zero-order valence-electron chi connectivity index (χ0n) is 14.9. The summed E-state index contributed by atoms with van der Waals surface area (Å²) < 4.78 is 51.7. The lowest BCUT2D eigenvalue weighted by Crippen LogP contribution is -2.32. The van der Waals surface area contributed by atoms with Gasteiger partial charge in [0, 0.05) is 25.2 Å². The third kappa shape index (κ3) is 5.42. The van der Waals surface area contributed by atoms with Crippen LogP contribution in [0.2, 0.25) is 0 Å². The number of rotatable bonds is 0. The number of hydrogen-bond acceptors (Lipinski definition) is 0. The Kier molecular flexibility index (Phi) is 5.67. The van der Waals surface area contributed by atoms with E-state index in [-0.39, 0.29) is 36.0 Å². The van der Waals surface area contributed by atoms with Gasteiger partial charge in [0.05, 0.1) is 0 Å². The fraction of sp³-hybridized carbons (Fsp3) is 1.00. The van der Waals surface area contributed by atoms with Gasteiger partial charge in [-0.15, -0.1) is 0 Å². The topological polar surface area (TPSA) is 0 Å². The Hall–Kier alpha value is -0.280. The second-order valence-corrected chi connectivity index (χ2v) is 9.23. The van der Waals surface area contributed by atoms with Gasteiger partial charge in [-0.25, -0.2) is 17.6 Å². The van der Waals surface area contributed by atoms with Crippen molar-refractivity contribution in [3.8, 4) is 0 Å². The van der Waals surface area contributed by atoms with Gasteiger partial charge in [-0.3, -0.25) is 0 Å². The Balaban J connectivity index is 0.000000220. The largest absolute Gasteiger partial charge is 0.251 e. The number of halogens is 4. The fourth-order valence-corrected chi connectivity index (χ4v) is 3.68. The second-order valence-electron chi connectivity index (χ2n) is 9.23. The summed E-state index contributed by atoms with van der Waals surface area (Å²) >= 11 is 0. The minimum atomic E-state index is -2.40. The summed E-state index contributed by atoms with van der Waals surface area (Å²) in [4.78, 5) is 0. The first-order valence-corrected chi connectivity index (χ1v) is 8.41. The minimum absolute atomic E-state index is 0.0555. The molecular weight excluding hydrogens is 292 g/mol. The lowest BCUT2D eigenvalue weighted by molar-refractivity contribution is -0.0749. The Morgan fingerprint density at radius 3 is 1.50 bits per heavy atom. The molecule has 0 heterocycles. The highest BCUT2D eigenvalue weighted by molar-refractivity contribution is 4.91. The van der Waals surface area contributed by atoms with Crippen LogP contribution >= 0.6 is 0 Å². The Morgan fingerprint density at radius 2 is 1.32 bits per heavy atom. The predicted octanol–water partition coefficient (Wildman–Crippen LogP) is 6.94. The average molecular weight is 324 g/mol. The molecule has 0 bridgehead atoms. The van der Waals surface area contributed by atoms with Crippen LogP contribution in [0.1, 0.15) is 80.1 Å². The van der Waals surface area contributed by atoms with E-state index in [2.05, 4.69) is 0 Å². The van der Waals surface area contributed by atoms with Gasteiger partial charge >= 0.3 is 0 Å². The molecule has 0 N–H and O–H groups in total. The van der Waals surface area contributed by atoms with Gasteiger partial charge in [-0.05, 0) is 36.0 Å². The van der Waals surface area contributed by atoms with Crippen molar-refractivity contribution >= 4 is 0 Å². The van der Waals surface area contributed by atoms with Crippen molar-refractivity contribution in [3.05, 3.63) is 0 Å². The maximum Gasteiger partial charge on any atom is 0.251 e. The average Bonchev–Trinajstić information content (AvgIpc) is 2.79. The lowest BCUT2D eigenvalue weighted by atomic mass is 9.78. The maximum absolute atomic E-state index is 13.1. The van der Waals surface area contributed by atoms with Crippen LogP contribution in [-0.2, 0) is 0 Å². The van der Waals surface area contributed by atoms with Crippen molar-refractivity contribution in [2.75, 3.05) is 0 Å². The summed E-state index contributed by atoms with van der Waals surface area (Å²) in [6.07, 6.45) is 2.35. The van der Waals surface area contributed by atoms with Crippen molar-refractivity contribution in [1.29, 1.82) is 0 Å². The van der Waals surface area contributed by atoms with E-state index < -0.39 is 17.8 Å². The molecule has 0 spiro atoms. The van der Waals surface area contributed by atoms with Gasteiger partial charge in [-0.2, -0.15) is 0 Å². The van der Waals surface area contributed by atoms with E-state index >= 15 is 0 Å². The smallest absolute Gasteiger partial charge is 0.207 e.